The molecule has 0 bridgehead atoms. The summed E-state index contributed by atoms with van der Waals surface area (Å²) < 4.78 is 5.92. The van der Waals surface area contributed by atoms with Crippen molar-refractivity contribution in [3.63, 3.8) is 0 Å². The molecule has 2 heterocycles. The maximum Gasteiger partial charge on any atom is 0.282 e. The number of nitrogens with one attached hydrogen (secondary N) is 1. The number of ether oxygens (including phenoxy) is 1. The van der Waals surface area contributed by atoms with Crippen molar-refractivity contribution >= 4 is 28.5 Å². The number of aryl methyl sites for hydroxylation is 2. The molecule has 2 aromatic rings. The molecule has 0 spiro atoms. The van der Waals surface area contributed by atoms with Crippen LogP contribution in [0.3, 0.4) is 0 Å². The Morgan fingerprint density at radius 3 is 2.64 bits per heavy atom. The number of hydrogen-bond acceptors (Lipinski definition) is 5. The van der Waals surface area contributed by atoms with Crippen molar-refractivity contribution in [3.05, 3.63) is 34.9 Å². The molecule has 2 aliphatic rings. The molecule has 7 nitrogen and oxygen atoms in total. The van der Waals surface area contributed by atoms with Gasteiger partial charge in [-0.15, -0.1) is 0 Å². The second-order valence-corrected chi connectivity index (χ2v) is 9.69. The van der Waals surface area contributed by atoms with Gasteiger partial charge in [-0.25, -0.2) is 4.98 Å². The van der Waals surface area contributed by atoms with Crippen molar-refractivity contribution < 1.29 is 9.53 Å². The van der Waals surface area contributed by atoms with Gasteiger partial charge in [-0.05, 0) is 57.7 Å². The molecule has 2 fully saturated rings. The number of carbonyl (C=O) groups is 1. The molecule has 1 saturated heterocycles. The van der Waals surface area contributed by atoms with Gasteiger partial charge in [0, 0.05) is 37.7 Å². The van der Waals surface area contributed by atoms with Crippen molar-refractivity contribution in [3.8, 4) is 0 Å². The summed E-state index contributed by atoms with van der Waals surface area (Å²) in [6.07, 6.45) is 7.42. The van der Waals surface area contributed by atoms with E-state index >= 15 is 0 Å². The zero-order chi connectivity index (χ0) is 23.5. The zero-order valence-corrected chi connectivity index (χ0v) is 20.4. The summed E-state index contributed by atoms with van der Waals surface area (Å²) >= 11 is 0. The molecule has 1 aromatic carbocycles. The number of nitrogens with zero attached hydrogens (tertiary/aromatic N) is 3. The Morgan fingerprint density at radius 2 is 1.94 bits per heavy atom. The van der Waals surface area contributed by atoms with E-state index in [9.17, 15) is 4.79 Å². The lowest BCUT2D eigenvalue weighted by Gasteiger charge is -2.41. The first-order valence-corrected chi connectivity index (χ1v) is 12.2. The number of amidine groups is 1. The molecule has 3 N–H and O–H groups in total. The van der Waals surface area contributed by atoms with Gasteiger partial charge < -0.3 is 20.7 Å². The fourth-order valence-corrected chi connectivity index (χ4v) is 5.37. The van der Waals surface area contributed by atoms with Crippen molar-refractivity contribution in [1.29, 1.82) is 0 Å². The topological polar surface area (TPSA) is 92.8 Å². The van der Waals surface area contributed by atoms with Gasteiger partial charge in [0.1, 0.15) is 11.7 Å². The van der Waals surface area contributed by atoms with E-state index in [0.717, 1.165) is 35.0 Å². The molecule has 1 aliphatic heterocycles. The molecular weight excluding hydrogens is 414 g/mol. The van der Waals surface area contributed by atoms with E-state index in [1.807, 2.05) is 6.07 Å². The summed E-state index contributed by atoms with van der Waals surface area (Å²) in [5, 5.41) is 4.81. The van der Waals surface area contributed by atoms with Crippen molar-refractivity contribution in [2.45, 2.75) is 77.5 Å². The van der Waals surface area contributed by atoms with E-state index in [2.05, 4.69) is 41.2 Å². The van der Waals surface area contributed by atoms with Crippen LogP contribution < -0.4 is 16.0 Å². The number of carbonyl (C=O) groups excluding carboxylic acids is 1. The fourth-order valence-electron chi connectivity index (χ4n) is 5.37. The highest BCUT2D eigenvalue weighted by Gasteiger charge is 2.33. The van der Waals surface area contributed by atoms with Gasteiger partial charge in [-0.2, -0.15) is 4.99 Å². The number of anilines is 1. The van der Waals surface area contributed by atoms with Crippen LogP contribution in [0.15, 0.2) is 23.2 Å². The van der Waals surface area contributed by atoms with E-state index in [4.69, 9.17) is 15.5 Å². The Bertz CT molecular complexity index is 1040. The third-order valence-electron chi connectivity index (χ3n) is 6.96. The predicted octanol–water partition coefficient (Wildman–Crippen LogP) is 3.88. The first-order valence-electron chi connectivity index (χ1n) is 12.2. The van der Waals surface area contributed by atoms with Crippen molar-refractivity contribution in [2.24, 2.45) is 10.7 Å². The summed E-state index contributed by atoms with van der Waals surface area (Å²) in [4.78, 5) is 24.2. The normalized spacial score (nSPS) is 22.7. The number of hydrogen-bond donors (Lipinski definition) is 2. The molecule has 33 heavy (non-hydrogen) atoms. The number of rotatable bonds is 5. The van der Waals surface area contributed by atoms with E-state index in [1.165, 1.54) is 32.1 Å². The van der Waals surface area contributed by atoms with Crippen LogP contribution in [0, 0.1) is 13.8 Å². The number of piperidine rings is 1. The largest absolute Gasteiger partial charge is 0.387 e. The molecule has 0 radical (unpaired) electrons. The number of aromatic nitrogens is 1. The van der Waals surface area contributed by atoms with E-state index < -0.39 is 0 Å². The van der Waals surface area contributed by atoms with Crippen LogP contribution in [0.25, 0.3) is 10.9 Å². The molecule has 0 unspecified atom stereocenters. The second kappa shape index (κ2) is 10.2. The molecule has 1 aliphatic carbocycles. The quantitative estimate of drug-likeness (QED) is 0.529. The number of amides is 1. The first-order chi connectivity index (χ1) is 15.9. The first kappa shape index (κ1) is 23.6. The lowest BCUT2D eigenvalue weighted by Crippen LogP contribution is -2.56. The fraction of sp³-hybridized carbons (Fsp3) is 0.577. The summed E-state index contributed by atoms with van der Waals surface area (Å²) in [5.74, 6) is 0.564. The Labute approximate surface area is 196 Å². The van der Waals surface area contributed by atoms with Crippen LogP contribution in [0.4, 0.5) is 5.82 Å². The molecular formula is C26H37N5O2. The number of pyridine rings is 1. The average molecular weight is 452 g/mol. The number of methoxy groups -OCH3 is 1. The van der Waals surface area contributed by atoms with Crippen LogP contribution in [0.2, 0.25) is 0 Å². The lowest BCUT2D eigenvalue weighted by atomic mass is 9.92. The van der Waals surface area contributed by atoms with Crippen LogP contribution in [0.5, 0.6) is 0 Å². The van der Waals surface area contributed by atoms with Crippen molar-refractivity contribution in [1.82, 2.24) is 10.3 Å². The van der Waals surface area contributed by atoms with Crippen molar-refractivity contribution in [2.75, 3.05) is 25.1 Å². The number of aliphatic imine (C=N–C) groups is 1. The Morgan fingerprint density at radius 1 is 1.18 bits per heavy atom. The van der Waals surface area contributed by atoms with Gasteiger partial charge in [0.2, 0.25) is 0 Å². The van der Waals surface area contributed by atoms with Gasteiger partial charge in [0.15, 0.2) is 0 Å². The van der Waals surface area contributed by atoms with Crippen LogP contribution in [0.1, 0.15) is 66.9 Å². The summed E-state index contributed by atoms with van der Waals surface area (Å²) in [6, 6.07) is 6.99. The monoisotopic (exact) mass is 451 g/mol. The van der Waals surface area contributed by atoms with Gasteiger partial charge >= 0.3 is 0 Å². The summed E-state index contributed by atoms with van der Waals surface area (Å²) in [7, 11) is 1.78. The minimum absolute atomic E-state index is 0.0278. The van der Waals surface area contributed by atoms with Gasteiger partial charge in [-0.1, -0.05) is 30.9 Å². The standard InChI is InChI=1S/C26H37N5O2/c1-16-12-17(2)24-19(13-16)14-21(26(32)28-18(3)27)25(30-24)31-11-10-22(23(15-31)33-4)29-20-8-6-5-7-9-20/h12-14,20,22-23,29H,5-11,15H2,1-4H3,(H2,27,28,32)/t22-,23+/m1/s1. The Balaban J connectivity index is 1.66. The predicted molar refractivity (Wildman–Crippen MR) is 134 cm³/mol. The molecule has 7 heteroatoms. The van der Waals surface area contributed by atoms with Gasteiger partial charge in [-0.3, -0.25) is 4.79 Å². The molecule has 4 rings (SSSR count). The second-order valence-electron chi connectivity index (χ2n) is 9.69. The Kier molecular flexibility index (Phi) is 7.29. The Hall–Kier alpha value is -2.51. The van der Waals surface area contributed by atoms with E-state index in [-0.39, 0.29) is 17.8 Å². The number of benzene rings is 1. The number of fused-ring (bicyclic) bond motifs is 1. The highest BCUT2D eigenvalue weighted by molar-refractivity contribution is 6.07. The van der Waals surface area contributed by atoms with E-state index in [0.29, 0.717) is 30.0 Å². The highest BCUT2D eigenvalue weighted by atomic mass is 16.5. The lowest BCUT2D eigenvalue weighted by molar-refractivity contribution is 0.0533. The van der Waals surface area contributed by atoms with Crippen LogP contribution in [-0.2, 0) is 4.74 Å². The third-order valence-corrected chi connectivity index (χ3v) is 6.96. The molecule has 178 valence electrons. The zero-order valence-electron chi connectivity index (χ0n) is 20.4. The molecule has 1 saturated carbocycles. The van der Waals surface area contributed by atoms with Gasteiger partial charge in [0.25, 0.3) is 5.91 Å². The highest BCUT2D eigenvalue weighted by Crippen LogP contribution is 2.30. The number of nitrogens with two attached hydrogens (primary N) is 1. The third kappa shape index (κ3) is 5.36. The molecule has 1 amide bonds. The van der Waals surface area contributed by atoms with Crippen LogP contribution >= 0.6 is 0 Å². The van der Waals surface area contributed by atoms with Gasteiger partial charge in [0.05, 0.1) is 17.2 Å². The maximum absolute atomic E-state index is 13.0. The molecule has 1 aromatic heterocycles. The minimum Gasteiger partial charge on any atom is -0.387 e. The van der Waals surface area contributed by atoms with Crippen LogP contribution in [-0.4, -0.2) is 55.1 Å². The maximum atomic E-state index is 13.0. The molecule has 2 atom stereocenters. The summed E-state index contributed by atoms with van der Waals surface area (Å²) in [6.45, 7) is 7.23. The van der Waals surface area contributed by atoms with E-state index in [1.54, 1.807) is 14.0 Å². The summed E-state index contributed by atoms with van der Waals surface area (Å²) in [5.41, 5.74) is 9.38. The smallest absolute Gasteiger partial charge is 0.282 e. The average Bonchev–Trinajstić information content (AvgIpc) is 2.79. The minimum atomic E-state index is -0.352. The SMILES string of the molecule is CO[C@H]1CN(c2nc3c(C)cc(C)cc3cc2C(=O)N=C(C)N)CC[C@H]1NC1CCCCC1.